The molecule has 0 saturated heterocycles. The van der Waals surface area contributed by atoms with Crippen molar-refractivity contribution in [3.05, 3.63) is 77.1 Å². The molecule has 0 radical (unpaired) electrons. The van der Waals surface area contributed by atoms with Gasteiger partial charge in [-0.2, -0.15) is 5.10 Å². The van der Waals surface area contributed by atoms with Crippen LogP contribution in [-0.2, 0) is 6.54 Å². The SMILES string of the molecule is Cc1ccc(CNC(=O)c2cnc3c(-c4ccc(C(C)C)cc4)cnn3c2C)o1. The average molecular weight is 388 g/mol. The van der Waals surface area contributed by atoms with Crippen molar-refractivity contribution in [3.8, 4) is 11.1 Å². The number of benzene rings is 1. The first kappa shape index (κ1) is 18.9. The van der Waals surface area contributed by atoms with Crippen LogP contribution in [0.1, 0.15) is 52.9 Å². The molecule has 1 amide bonds. The van der Waals surface area contributed by atoms with Crippen molar-refractivity contribution in [2.24, 2.45) is 0 Å². The molecule has 0 bridgehead atoms. The van der Waals surface area contributed by atoms with E-state index in [1.807, 2.05) is 26.0 Å². The van der Waals surface area contributed by atoms with Crippen molar-refractivity contribution >= 4 is 11.6 Å². The largest absolute Gasteiger partial charge is 0.465 e. The molecule has 0 aliphatic heterocycles. The van der Waals surface area contributed by atoms with Crippen molar-refractivity contribution in [2.75, 3.05) is 0 Å². The summed E-state index contributed by atoms with van der Waals surface area (Å²) in [7, 11) is 0. The van der Waals surface area contributed by atoms with Crippen LogP contribution in [0.2, 0.25) is 0 Å². The van der Waals surface area contributed by atoms with Gasteiger partial charge < -0.3 is 9.73 Å². The zero-order valence-electron chi connectivity index (χ0n) is 17.1. The van der Waals surface area contributed by atoms with Crippen LogP contribution < -0.4 is 5.32 Å². The fourth-order valence-electron chi connectivity index (χ4n) is 3.36. The minimum Gasteiger partial charge on any atom is -0.465 e. The number of hydrogen-bond donors (Lipinski definition) is 1. The van der Waals surface area contributed by atoms with Crippen molar-refractivity contribution in [2.45, 2.75) is 40.2 Å². The molecule has 0 unspecified atom stereocenters. The molecule has 0 atom stereocenters. The van der Waals surface area contributed by atoms with Gasteiger partial charge in [-0.05, 0) is 43.0 Å². The van der Waals surface area contributed by atoms with E-state index in [-0.39, 0.29) is 5.91 Å². The van der Waals surface area contributed by atoms with Crippen LogP contribution in [0, 0.1) is 13.8 Å². The number of aromatic nitrogens is 3. The lowest BCUT2D eigenvalue weighted by Crippen LogP contribution is -2.24. The molecular formula is C23H24N4O2. The molecule has 1 N–H and O–H groups in total. The summed E-state index contributed by atoms with van der Waals surface area (Å²) < 4.78 is 7.22. The van der Waals surface area contributed by atoms with Crippen LogP contribution in [0.5, 0.6) is 0 Å². The normalized spacial score (nSPS) is 11.3. The molecule has 0 aliphatic rings. The predicted molar refractivity (Wildman–Crippen MR) is 112 cm³/mol. The molecule has 4 rings (SSSR count). The van der Waals surface area contributed by atoms with Gasteiger partial charge in [-0.3, -0.25) is 4.79 Å². The predicted octanol–water partition coefficient (Wildman–Crippen LogP) is 4.66. The first-order valence-corrected chi connectivity index (χ1v) is 9.71. The zero-order chi connectivity index (χ0) is 20.5. The second-order valence-electron chi connectivity index (χ2n) is 7.52. The summed E-state index contributed by atoms with van der Waals surface area (Å²) in [6.07, 6.45) is 3.41. The Balaban J connectivity index is 1.60. The Morgan fingerprint density at radius 1 is 1.10 bits per heavy atom. The lowest BCUT2D eigenvalue weighted by molar-refractivity contribution is 0.0946. The molecule has 0 saturated carbocycles. The van der Waals surface area contributed by atoms with Gasteiger partial charge in [0.1, 0.15) is 11.5 Å². The van der Waals surface area contributed by atoms with Gasteiger partial charge in [-0.15, -0.1) is 0 Å². The Bertz CT molecular complexity index is 1170. The van der Waals surface area contributed by atoms with Crippen molar-refractivity contribution in [3.63, 3.8) is 0 Å². The highest BCUT2D eigenvalue weighted by Crippen LogP contribution is 2.26. The van der Waals surface area contributed by atoms with E-state index in [1.54, 1.807) is 16.9 Å². The van der Waals surface area contributed by atoms with Crippen LogP contribution in [0.25, 0.3) is 16.8 Å². The number of furan rings is 1. The fraction of sp³-hybridized carbons (Fsp3) is 0.261. The standard InChI is InChI=1S/C23H24N4O2/c1-14(2)17-6-8-18(9-7-17)21-13-26-27-16(4)20(12-24-22(21)27)23(28)25-11-19-10-5-15(3)29-19/h5-10,12-14H,11H2,1-4H3,(H,25,28). The average Bonchev–Trinajstić information content (AvgIpc) is 3.33. The van der Waals surface area contributed by atoms with Gasteiger partial charge in [0.25, 0.3) is 5.91 Å². The molecule has 0 aliphatic carbocycles. The monoisotopic (exact) mass is 388 g/mol. The molecule has 148 valence electrons. The van der Waals surface area contributed by atoms with Gasteiger partial charge in [0.05, 0.1) is 24.0 Å². The summed E-state index contributed by atoms with van der Waals surface area (Å²) in [5.41, 5.74) is 5.26. The maximum absolute atomic E-state index is 12.6. The van der Waals surface area contributed by atoms with E-state index in [4.69, 9.17) is 4.42 Å². The van der Waals surface area contributed by atoms with Crippen LogP contribution in [-0.4, -0.2) is 20.5 Å². The lowest BCUT2D eigenvalue weighted by Gasteiger charge is -2.09. The number of nitrogens with zero attached hydrogens (tertiary/aromatic N) is 3. The molecule has 4 aromatic rings. The van der Waals surface area contributed by atoms with Gasteiger partial charge >= 0.3 is 0 Å². The first-order chi connectivity index (χ1) is 13.9. The van der Waals surface area contributed by atoms with Crippen molar-refractivity contribution < 1.29 is 9.21 Å². The van der Waals surface area contributed by atoms with E-state index in [0.717, 1.165) is 28.2 Å². The highest BCUT2D eigenvalue weighted by atomic mass is 16.3. The van der Waals surface area contributed by atoms with E-state index < -0.39 is 0 Å². The number of carbonyl (C=O) groups is 1. The maximum Gasteiger partial charge on any atom is 0.255 e. The molecular weight excluding hydrogens is 364 g/mol. The smallest absolute Gasteiger partial charge is 0.255 e. The molecule has 0 fully saturated rings. The number of nitrogens with one attached hydrogen (secondary N) is 1. The van der Waals surface area contributed by atoms with Crippen LogP contribution in [0.15, 0.2) is 53.2 Å². The Kier molecular flexibility index (Phi) is 4.92. The summed E-state index contributed by atoms with van der Waals surface area (Å²) >= 11 is 0. The Hall–Kier alpha value is -3.41. The van der Waals surface area contributed by atoms with Gasteiger partial charge in [-0.1, -0.05) is 38.1 Å². The molecule has 3 heterocycles. The molecule has 29 heavy (non-hydrogen) atoms. The number of fused-ring (bicyclic) bond motifs is 1. The second-order valence-corrected chi connectivity index (χ2v) is 7.52. The fourth-order valence-corrected chi connectivity index (χ4v) is 3.36. The molecule has 6 heteroatoms. The van der Waals surface area contributed by atoms with Gasteiger partial charge in [-0.25, -0.2) is 9.50 Å². The van der Waals surface area contributed by atoms with Crippen LogP contribution >= 0.6 is 0 Å². The Labute approximate surface area is 169 Å². The molecule has 3 aromatic heterocycles. The highest BCUT2D eigenvalue weighted by Gasteiger charge is 2.16. The van der Waals surface area contributed by atoms with Gasteiger partial charge in [0.15, 0.2) is 5.65 Å². The highest BCUT2D eigenvalue weighted by molar-refractivity contribution is 5.95. The quantitative estimate of drug-likeness (QED) is 0.540. The summed E-state index contributed by atoms with van der Waals surface area (Å²) in [6.45, 7) is 8.43. The summed E-state index contributed by atoms with van der Waals surface area (Å²) in [6, 6.07) is 12.2. The third kappa shape index (κ3) is 3.66. The molecule has 6 nitrogen and oxygen atoms in total. The number of hydrogen-bond acceptors (Lipinski definition) is 4. The summed E-state index contributed by atoms with van der Waals surface area (Å²) in [5.74, 6) is 1.82. The first-order valence-electron chi connectivity index (χ1n) is 9.71. The van der Waals surface area contributed by atoms with E-state index in [2.05, 4.69) is 53.5 Å². The van der Waals surface area contributed by atoms with E-state index in [0.29, 0.717) is 23.8 Å². The minimum atomic E-state index is -0.204. The minimum absolute atomic E-state index is 0.204. The van der Waals surface area contributed by atoms with Gasteiger partial charge in [0.2, 0.25) is 0 Å². The number of carbonyl (C=O) groups excluding carboxylic acids is 1. The Morgan fingerprint density at radius 3 is 2.52 bits per heavy atom. The van der Waals surface area contributed by atoms with Crippen molar-refractivity contribution in [1.82, 2.24) is 19.9 Å². The number of amides is 1. The molecule has 1 aromatic carbocycles. The second kappa shape index (κ2) is 7.54. The van der Waals surface area contributed by atoms with E-state index in [9.17, 15) is 4.79 Å². The lowest BCUT2D eigenvalue weighted by atomic mass is 10.00. The maximum atomic E-state index is 12.6. The van der Waals surface area contributed by atoms with Crippen LogP contribution in [0.4, 0.5) is 0 Å². The van der Waals surface area contributed by atoms with Crippen molar-refractivity contribution in [1.29, 1.82) is 0 Å². The van der Waals surface area contributed by atoms with Gasteiger partial charge in [0, 0.05) is 11.8 Å². The zero-order valence-corrected chi connectivity index (χ0v) is 17.1. The third-order valence-electron chi connectivity index (χ3n) is 5.12. The van der Waals surface area contributed by atoms with E-state index in [1.165, 1.54) is 5.56 Å². The van der Waals surface area contributed by atoms with Crippen LogP contribution in [0.3, 0.4) is 0 Å². The number of aryl methyl sites for hydroxylation is 2. The third-order valence-corrected chi connectivity index (χ3v) is 5.12. The topological polar surface area (TPSA) is 72.4 Å². The van der Waals surface area contributed by atoms with E-state index >= 15 is 0 Å². The Morgan fingerprint density at radius 2 is 1.86 bits per heavy atom. The number of rotatable bonds is 5. The summed E-state index contributed by atoms with van der Waals surface area (Å²) in [4.78, 5) is 17.2. The summed E-state index contributed by atoms with van der Waals surface area (Å²) in [5, 5.41) is 7.35. The molecule has 0 spiro atoms.